The first kappa shape index (κ1) is 11.2. The number of benzene rings is 1. The van der Waals surface area contributed by atoms with Crippen LogP contribution in [0.2, 0.25) is 10.0 Å². The largest absolute Gasteiger partial charge is 0.271 e. The molecule has 1 aliphatic rings. The van der Waals surface area contributed by atoms with Crippen molar-refractivity contribution in [3.63, 3.8) is 0 Å². The molecule has 0 aromatic heterocycles. The summed E-state index contributed by atoms with van der Waals surface area (Å²) in [5.74, 6) is 6.35. The van der Waals surface area contributed by atoms with Gasteiger partial charge in [-0.25, -0.2) is 0 Å². The molecule has 1 fully saturated rings. The molecule has 3 N–H and O–H groups in total. The molecular weight excluding hydrogens is 231 g/mol. The number of hydrazine groups is 1. The third-order valence-electron chi connectivity index (χ3n) is 2.81. The summed E-state index contributed by atoms with van der Waals surface area (Å²) >= 11 is 12.0. The van der Waals surface area contributed by atoms with Crippen LogP contribution in [0.1, 0.15) is 30.9 Å². The average molecular weight is 245 g/mol. The molecule has 2 rings (SSSR count). The van der Waals surface area contributed by atoms with E-state index in [0.29, 0.717) is 10.0 Å². The van der Waals surface area contributed by atoms with Crippen molar-refractivity contribution in [1.29, 1.82) is 0 Å². The van der Waals surface area contributed by atoms with Crippen LogP contribution >= 0.6 is 23.2 Å². The Kier molecular flexibility index (Phi) is 3.52. The van der Waals surface area contributed by atoms with Crippen molar-refractivity contribution in [2.45, 2.75) is 25.3 Å². The van der Waals surface area contributed by atoms with Crippen LogP contribution in [0.3, 0.4) is 0 Å². The van der Waals surface area contributed by atoms with Crippen molar-refractivity contribution >= 4 is 23.2 Å². The molecule has 1 aromatic rings. The van der Waals surface area contributed by atoms with Crippen molar-refractivity contribution in [2.24, 2.45) is 11.8 Å². The minimum absolute atomic E-state index is 0.141. The molecular formula is C11H14Cl2N2. The van der Waals surface area contributed by atoms with Gasteiger partial charge in [0.05, 0.1) is 0 Å². The van der Waals surface area contributed by atoms with E-state index in [1.165, 1.54) is 12.8 Å². The lowest BCUT2D eigenvalue weighted by atomic mass is 10.0. The lowest BCUT2D eigenvalue weighted by Crippen LogP contribution is -2.28. The Hall–Kier alpha value is -0.280. The Labute approximate surface area is 99.7 Å². The molecule has 0 amide bonds. The maximum atomic E-state index is 6.13. The summed E-state index contributed by atoms with van der Waals surface area (Å²) < 4.78 is 0. The van der Waals surface area contributed by atoms with Crippen molar-refractivity contribution in [2.75, 3.05) is 0 Å². The highest BCUT2D eigenvalue weighted by molar-refractivity contribution is 6.35. The van der Waals surface area contributed by atoms with Crippen LogP contribution in [0.15, 0.2) is 18.2 Å². The first-order chi connectivity index (χ1) is 7.20. The molecule has 82 valence electrons. The Morgan fingerprint density at radius 1 is 1.40 bits per heavy atom. The molecule has 0 radical (unpaired) electrons. The fraction of sp³-hybridized carbons (Fsp3) is 0.455. The highest BCUT2D eigenvalue weighted by Crippen LogP contribution is 2.39. The van der Waals surface area contributed by atoms with Crippen molar-refractivity contribution in [1.82, 2.24) is 5.43 Å². The van der Waals surface area contributed by atoms with E-state index in [2.05, 4.69) is 5.43 Å². The monoisotopic (exact) mass is 244 g/mol. The van der Waals surface area contributed by atoms with Crippen molar-refractivity contribution < 1.29 is 0 Å². The summed E-state index contributed by atoms with van der Waals surface area (Å²) in [6.45, 7) is 0. The van der Waals surface area contributed by atoms with Gasteiger partial charge >= 0.3 is 0 Å². The maximum Gasteiger partial charge on any atom is 0.0477 e. The molecule has 2 nitrogen and oxygen atoms in total. The first-order valence-electron chi connectivity index (χ1n) is 5.12. The summed E-state index contributed by atoms with van der Waals surface area (Å²) in [6.07, 6.45) is 3.67. The average Bonchev–Trinajstić information content (AvgIpc) is 2.99. The van der Waals surface area contributed by atoms with Gasteiger partial charge in [0.25, 0.3) is 0 Å². The molecule has 15 heavy (non-hydrogen) atoms. The predicted molar refractivity (Wildman–Crippen MR) is 63.9 cm³/mol. The number of nitrogens with one attached hydrogen (secondary N) is 1. The van der Waals surface area contributed by atoms with E-state index in [1.54, 1.807) is 6.07 Å². The molecule has 4 heteroatoms. The van der Waals surface area contributed by atoms with Crippen LogP contribution in [0.25, 0.3) is 0 Å². The van der Waals surface area contributed by atoms with E-state index in [1.807, 2.05) is 12.1 Å². The highest BCUT2D eigenvalue weighted by Gasteiger charge is 2.26. The molecule has 0 aliphatic heterocycles. The molecule has 0 bridgehead atoms. The molecule has 1 aromatic carbocycles. The smallest absolute Gasteiger partial charge is 0.0477 e. The zero-order valence-corrected chi connectivity index (χ0v) is 9.85. The van der Waals surface area contributed by atoms with E-state index in [0.717, 1.165) is 17.9 Å². The van der Waals surface area contributed by atoms with Gasteiger partial charge in [-0.15, -0.1) is 0 Å². The fourth-order valence-corrected chi connectivity index (χ4v) is 2.30. The van der Waals surface area contributed by atoms with Gasteiger partial charge < -0.3 is 0 Å². The van der Waals surface area contributed by atoms with Gasteiger partial charge in [0, 0.05) is 16.1 Å². The van der Waals surface area contributed by atoms with Gasteiger partial charge in [0.2, 0.25) is 0 Å². The van der Waals surface area contributed by atoms with Crippen LogP contribution in [-0.4, -0.2) is 0 Å². The quantitative estimate of drug-likeness (QED) is 0.631. The maximum absolute atomic E-state index is 6.13. The van der Waals surface area contributed by atoms with E-state index in [4.69, 9.17) is 29.0 Å². The minimum Gasteiger partial charge on any atom is -0.271 e. The van der Waals surface area contributed by atoms with Crippen LogP contribution in [0, 0.1) is 5.92 Å². The molecule has 0 saturated heterocycles. The summed E-state index contributed by atoms with van der Waals surface area (Å²) in [5.41, 5.74) is 3.86. The summed E-state index contributed by atoms with van der Waals surface area (Å²) in [4.78, 5) is 0. The SMILES string of the molecule is NNC(CC1CC1)c1ccc(Cl)cc1Cl. The standard InChI is InChI=1S/C11H14Cl2N2/c12-8-3-4-9(10(13)6-8)11(15-14)5-7-1-2-7/h3-4,6-7,11,15H,1-2,5,14H2. The Morgan fingerprint density at radius 2 is 2.13 bits per heavy atom. The second-order valence-electron chi connectivity index (χ2n) is 4.06. The number of hydrogen-bond acceptors (Lipinski definition) is 2. The number of hydrogen-bond donors (Lipinski definition) is 2. The molecule has 1 saturated carbocycles. The first-order valence-corrected chi connectivity index (χ1v) is 5.87. The second-order valence-corrected chi connectivity index (χ2v) is 4.91. The van der Waals surface area contributed by atoms with Gasteiger partial charge in [-0.05, 0) is 30.0 Å². The van der Waals surface area contributed by atoms with Crippen molar-refractivity contribution in [3.05, 3.63) is 33.8 Å². The number of rotatable bonds is 4. The highest BCUT2D eigenvalue weighted by atomic mass is 35.5. The van der Waals surface area contributed by atoms with Crippen LogP contribution in [0.5, 0.6) is 0 Å². The second kappa shape index (κ2) is 4.71. The molecule has 1 aliphatic carbocycles. The third-order valence-corrected chi connectivity index (χ3v) is 3.37. The van der Waals surface area contributed by atoms with E-state index in [-0.39, 0.29) is 6.04 Å². The van der Waals surface area contributed by atoms with E-state index in [9.17, 15) is 0 Å². The van der Waals surface area contributed by atoms with Gasteiger partial charge in [-0.1, -0.05) is 42.1 Å². The van der Waals surface area contributed by atoms with Crippen LogP contribution in [-0.2, 0) is 0 Å². The molecule has 1 unspecified atom stereocenters. The molecule has 0 spiro atoms. The summed E-state index contributed by atoms with van der Waals surface area (Å²) in [6, 6.07) is 5.69. The van der Waals surface area contributed by atoms with Crippen LogP contribution < -0.4 is 11.3 Å². The van der Waals surface area contributed by atoms with E-state index >= 15 is 0 Å². The molecule has 1 atom stereocenters. The summed E-state index contributed by atoms with van der Waals surface area (Å²) in [7, 11) is 0. The zero-order chi connectivity index (χ0) is 10.8. The Balaban J connectivity index is 2.16. The third kappa shape index (κ3) is 2.85. The number of nitrogens with two attached hydrogens (primary N) is 1. The Morgan fingerprint density at radius 3 is 2.67 bits per heavy atom. The van der Waals surface area contributed by atoms with E-state index < -0.39 is 0 Å². The lowest BCUT2D eigenvalue weighted by Gasteiger charge is -2.17. The van der Waals surface area contributed by atoms with Gasteiger partial charge in [0.1, 0.15) is 0 Å². The molecule has 0 heterocycles. The van der Waals surface area contributed by atoms with Crippen molar-refractivity contribution in [3.8, 4) is 0 Å². The van der Waals surface area contributed by atoms with Gasteiger partial charge in [0.15, 0.2) is 0 Å². The normalized spacial score (nSPS) is 17.8. The lowest BCUT2D eigenvalue weighted by molar-refractivity contribution is 0.487. The van der Waals surface area contributed by atoms with Gasteiger partial charge in [-0.2, -0.15) is 0 Å². The predicted octanol–water partition coefficient (Wildman–Crippen LogP) is 3.30. The Bertz CT molecular complexity index is 350. The minimum atomic E-state index is 0.141. The zero-order valence-electron chi connectivity index (χ0n) is 8.34. The fourth-order valence-electron chi connectivity index (χ4n) is 1.76. The van der Waals surface area contributed by atoms with Crippen LogP contribution in [0.4, 0.5) is 0 Å². The topological polar surface area (TPSA) is 38.0 Å². The van der Waals surface area contributed by atoms with Gasteiger partial charge in [-0.3, -0.25) is 11.3 Å². The summed E-state index contributed by atoms with van der Waals surface area (Å²) in [5, 5.41) is 1.34. The number of halogens is 2.